The first kappa shape index (κ1) is 15.4. The molecule has 2 heteroatoms. The quantitative estimate of drug-likeness (QED) is 0.821. The predicted octanol–water partition coefficient (Wildman–Crippen LogP) is 4.56. The number of hydrogen-bond acceptors (Lipinski definition) is 2. The van der Waals surface area contributed by atoms with Gasteiger partial charge in [-0.25, -0.2) is 0 Å². The Morgan fingerprint density at radius 2 is 2.00 bits per heavy atom. The maximum atomic E-state index is 5.49. The number of hydrogen-bond donors (Lipinski definition) is 1. The molecule has 1 aromatic carbocycles. The van der Waals surface area contributed by atoms with Gasteiger partial charge in [-0.3, -0.25) is 0 Å². The third kappa shape index (κ3) is 4.52. The monoisotopic (exact) mass is 275 g/mol. The van der Waals surface area contributed by atoms with Crippen molar-refractivity contribution in [1.82, 2.24) is 5.32 Å². The Morgan fingerprint density at radius 1 is 1.25 bits per heavy atom. The van der Waals surface area contributed by atoms with Crippen molar-refractivity contribution in [2.75, 3.05) is 13.2 Å². The molecule has 112 valence electrons. The lowest BCUT2D eigenvalue weighted by Gasteiger charge is -2.28. The van der Waals surface area contributed by atoms with Crippen LogP contribution < -0.4 is 10.1 Å². The van der Waals surface area contributed by atoms with Gasteiger partial charge in [-0.1, -0.05) is 31.9 Å². The van der Waals surface area contributed by atoms with Crippen molar-refractivity contribution >= 4 is 0 Å². The van der Waals surface area contributed by atoms with Crippen LogP contribution in [0, 0.1) is 11.8 Å². The van der Waals surface area contributed by atoms with Crippen LogP contribution in [0.5, 0.6) is 5.75 Å². The van der Waals surface area contributed by atoms with E-state index in [4.69, 9.17) is 4.74 Å². The van der Waals surface area contributed by atoms with Crippen molar-refractivity contribution in [1.29, 1.82) is 0 Å². The summed E-state index contributed by atoms with van der Waals surface area (Å²) in [6, 6.07) is 8.90. The Morgan fingerprint density at radius 3 is 2.65 bits per heavy atom. The van der Waals surface area contributed by atoms with Gasteiger partial charge in [-0.2, -0.15) is 0 Å². The molecule has 1 N–H and O–H groups in total. The molecule has 0 aliphatic heterocycles. The van der Waals surface area contributed by atoms with Gasteiger partial charge in [-0.05, 0) is 62.8 Å². The van der Waals surface area contributed by atoms with Gasteiger partial charge in [0, 0.05) is 6.04 Å². The largest absolute Gasteiger partial charge is 0.494 e. The molecule has 1 aromatic rings. The third-order valence-corrected chi connectivity index (χ3v) is 4.45. The Hall–Kier alpha value is -1.02. The molecule has 1 fully saturated rings. The summed E-state index contributed by atoms with van der Waals surface area (Å²) < 4.78 is 5.49. The molecule has 0 aromatic heterocycles. The number of ether oxygens (including phenoxy) is 1. The standard InChI is InChI=1S/C18H29NO/c1-4-20-18-10-8-17(9-11-18)15(3)19-13-16-7-5-6-14(2)12-16/h8-11,14-16,19H,4-7,12-13H2,1-3H3. The highest BCUT2D eigenvalue weighted by molar-refractivity contribution is 5.28. The van der Waals surface area contributed by atoms with Crippen molar-refractivity contribution < 1.29 is 4.74 Å². The maximum absolute atomic E-state index is 5.49. The van der Waals surface area contributed by atoms with E-state index in [0.29, 0.717) is 6.04 Å². The van der Waals surface area contributed by atoms with Crippen LogP contribution in [0.3, 0.4) is 0 Å². The van der Waals surface area contributed by atoms with Gasteiger partial charge in [0.1, 0.15) is 5.75 Å². The second-order valence-electron chi connectivity index (χ2n) is 6.27. The summed E-state index contributed by atoms with van der Waals surface area (Å²) >= 11 is 0. The summed E-state index contributed by atoms with van der Waals surface area (Å²) in [4.78, 5) is 0. The van der Waals surface area contributed by atoms with Crippen LogP contribution in [0.25, 0.3) is 0 Å². The average Bonchev–Trinajstić information content (AvgIpc) is 2.46. The second-order valence-corrected chi connectivity index (χ2v) is 6.27. The first-order chi connectivity index (χ1) is 9.69. The Balaban J connectivity index is 1.80. The summed E-state index contributed by atoms with van der Waals surface area (Å²) in [5.41, 5.74) is 1.34. The summed E-state index contributed by atoms with van der Waals surface area (Å²) in [5.74, 6) is 2.74. The van der Waals surface area contributed by atoms with E-state index in [9.17, 15) is 0 Å². The zero-order valence-electron chi connectivity index (χ0n) is 13.2. The molecular weight excluding hydrogens is 246 g/mol. The van der Waals surface area contributed by atoms with Crippen LogP contribution in [-0.2, 0) is 0 Å². The first-order valence-corrected chi connectivity index (χ1v) is 8.15. The van der Waals surface area contributed by atoms with Gasteiger partial charge >= 0.3 is 0 Å². The fraction of sp³-hybridized carbons (Fsp3) is 0.667. The summed E-state index contributed by atoms with van der Waals surface area (Å²) in [7, 11) is 0. The molecule has 0 radical (unpaired) electrons. The highest BCUT2D eigenvalue weighted by Crippen LogP contribution is 2.28. The van der Waals surface area contributed by atoms with E-state index in [1.165, 1.54) is 31.2 Å². The van der Waals surface area contributed by atoms with Crippen molar-refractivity contribution in [3.05, 3.63) is 29.8 Å². The van der Waals surface area contributed by atoms with Crippen LogP contribution in [0.15, 0.2) is 24.3 Å². The fourth-order valence-corrected chi connectivity index (χ4v) is 3.23. The average molecular weight is 275 g/mol. The van der Waals surface area contributed by atoms with Gasteiger partial charge in [0.15, 0.2) is 0 Å². The second kappa shape index (κ2) is 7.68. The van der Waals surface area contributed by atoms with E-state index in [1.54, 1.807) is 0 Å². The maximum Gasteiger partial charge on any atom is 0.119 e. The lowest BCUT2D eigenvalue weighted by Crippen LogP contribution is -2.28. The highest BCUT2D eigenvalue weighted by Gasteiger charge is 2.19. The Bertz CT molecular complexity index is 387. The molecule has 2 rings (SSSR count). The lowest BCUT2D eigenvalue weighted by atomic mass is 9.82. The van der Waals surface area contributed by atoms with Gasteiger partial charge in [-0.15, -0.1) is 0 Å². The van der Waals surface area contributed by atoms with Gasteiger partial charge < -0.3 is 10.1 Å². The Labute approximate surface area is 123 Å². The van der Waals surface area contributed by atoms with E-state index < -0.39 is 0 Å². The highest BCUT2D eigenvalue weighted by atomic mass is 16.5. The van der Waals surface area contributed by atoms with Gasteiger partial charge in [0.25, 0.3) is 0 Å². The van der Waals surface area contributed by atoms with E-state index in [0.717, 1.165) is 30.7 Å². The molecule has 3 atom stereocenters. The topological polar surface area (TPSA) is 21.3 Å². The van der Waals surface area contributed by atoms with E-state index in [-0.39, 0.29) is 0 Å². The van der Waals surface area contributed by atoms with Crippen LogP contribution in [-0.4, -0.2) is 13.2 Å². The molecular formula is C18H29NO. The van der Waals surface area contributed by atoms with E-state index >= 15 is 0 Å². The summed E-state index contributed by atoms with van der Waals surface area (Å²) in [5, 5.41) is 3.70. The molecule has 1 aliphatic carbocycles. The van der Waals surface area contributed by atoms with Crippen molar-refractivity contribution in [2.45, 2.75) is 52.5 Å². The van der Waals surface area contributed by atoms with Gasteiger partial charge in [0.2, 0.25) is 0 Å². The van der Waals surface area contributed by atoms with Crippen molar-refractivity contribution in [3.63, 3.8) is 0 Å². The summed E-state index contributed by atoms with van der Waals surface area (Å²) in [6.45, 7) is 8.54. The molecule has 2 nitrogen and oxygen atoms in total. The minimum Gasteiger partial charge on any atom is -0.494 e. The molecule has 3 unspecified atom stereocenters. The van der Waals surface area contributed by atoms with Crippen LogP contribution in [0.1, 0.15) is 58.1 Å². The SMILES string of the molecule is CCOc1ccc(C(C)NCC2CCCC(C)C2)cc1. The molecule has 0 saturated heterocycles. The lowest BCUT2D eigenvalue weighted by molar-refractivity contribution is 0.268. The molecule has 0 heterocycles. The van der Waals surface area contributed by atoms with Crippen LogP contribution >= 0.6 is 0 Å². The van der Waals surface area contributed by atoms with Crippen molar-refractivity contribution in [2.24, 2.45) is 11.8 Å². The van der Waals surface area contributed by atoms with Crippen LogP contribution in [0.4, 0.5) is 0 Å². The predicted molar refractivity (Wildman–Crippen MR) is 85.2 cm³/mol. The molecule has 0 spiro atoms. The van der Waals surface area contributed by atoms with Crippen LogP contribution in [0.2, 0.25) is 0 Å². The van der Waals surface area contributed by atoms with Gasteiger partial charge in [0.05, 0.1) is 6.61 Å². The minimum absolute atomic E-state index is 0.419. The fourth-order valence-electron chi connectivity index (χ4n) is 3.23. The first-order valence-electron chi connectivity index (χ1n) is 8.15. The van der Waals surface area contributed by atoms with E-state index in [2.05, 4.69) is 43.4 Å². The number of nitrogens with one attached hydrogen (secondary N) is 1. The normalized spacial score (nSPS) is 24.4. The van der Waals surface area contributed by atoms with Crippen molar-refractivity contribution in [3.8, 4) is 5.75 Å². The molecule has 1 aliphatic rings. The molecule has 0 amide bonds. The number of rotatable bonds is 6. The molecule has 0 bridgehead atoms. The zero-order valence-corrected chi connectivity index (χ0v) is 13.2. The Kier molecular flexibility index (Phi) is 5.90. The number of benzene rings is 1. The molecule has 20 heavy (non-hydrogen) atoms. The zero-order chi connectivity index (χ0) is 14.4. The smallest absolute Gasteiger partial charge is 0.119 e. The summed E-state index contributed by atoms with van der Waals surface area (Å²) in [6.07, 6.45) is 5.62. The molecule has 1 saturated carbocycles. The minimum atomic E-state index is 0.419. The third-order valence-electron chi connectivity index (χ3n) is 4.45. The van der Waals surface area contributed by atoms with E-state index in [1.807, 2.05) is 6.92 Å².